The van der Waals surface area contributed by atoms with E-state index in [0.29, 0.717) is 36.4 Å². The van der Waals surface area contributed by atoms with Gasteiger partial charge in [-0.2, -0.15) is 0 Å². The van der Waals surface area contributed by atoms with Gasteiger partial charge in [0.1, 0.15) is 5.75 Å². The Morgan fingerprint density at radius 3 is 2.21 bits per heavy atom. The molecule has 2 aromatic carbocycles. The normalized spacial score (nSPS) is 20.2. The smallest absolute Gasteiger partial charge is 0.267 e. The molecule has 3 aliphatic heterocycles. The lowest BCUT2D eigenvalue weighted by Crippen LogP contribution is -2.46. The first kappa shape index (κ1) is 27.7. The number of hydrogen-bond acceptors (Lipinski definition) is 8. The number of carbonyl (C=O) groups is 3. The lowest BCUT2D eigenvalue weighted by atomic mass is 9.88. The fraction of sp³-hybridized carbons (Fsp3) is 0.406. The van der Waals surface area contributed by atoms with Gasteiger partial charge in [0, 0.05) is 68.7 Å². The highest BCUT2D eigenvalue weighted by Crippen LogP contribution is 2.32. The third-order valence-electron chi connectivity index (χ3n) is 8.52. The topological polar surface area (TPSA) is 117 Å². The predicted octanol–water partition coefficient (Wildman–Crippen LogP) is 4.03. The Balaban J connectivity index is 0.944. The number of nitrogens with one attached hydrogen (secondary N) is 2. The minimum Gasteiger partial charge on any atom is -0.481 e. The summed E-state index contributed by atoms with van der Waals surface area (Å²) < 4.78 is 5.81. The van der Waals surface area contributed by atoms with Crippen molar-refractivity contribution in [3.63, 3.8) is 0 Å². The molecule has 3 aliphatic rings. The van der Waals surface area contributed by atoms with E-state index >= 15 is 0 Å². The predicted molar refractivity (Wildman–Crippen MR) is 158 cm³/mol. The van der Waals surface area contributed by atoms with Gasteiger partial charge in [0.05, 0.1) is 0 Å². The Hall–Kier alpha value is -4.47. The maximum Gasteiger partial charge on any atom is 0.267 e. The van der Waals surface area contributed by atoms with E-state index in [1.807, 2.05) is 24.3 Å². The molecule has 3 aromatic rings. The van der Waals surface area contributed by atoms with Gasteiger partial charge in [-0.15, -0.1) is 0 Å². The van der Waals surface area contributed by atoms with E-state index in [0.717, 1.165) is 63.2 Å². The fourth-order valence-corrected chi connectivity index (χ4v) is 6.09. The number of benzene rings is 2. The number of likely N-dealkylation sites (tertiary alicyclic amines) is 1. The average molecular weight is 569 g/mol. The fourth-order valence-electron chi connectivity index (χ4n) is 6.09. The van der Waals surface area contributed by atoms with Gasteiger partial charge in [-0.3, -0.25) is 19.7 Å². The molecule has 0 saturated carbocycles. The average Bonchev–Trinajstić information content (AvgIpc) is 3.03. The summed E-state index contributed by atoms with van der Waals surface area (Å²) in [7, 11) is 0. The second-order valence-electron chi connectivity index (χ2n) is 11.2. The SMILES string of the molecule is O=C1CCC(Oc2ccc(C3CCN(C(=O)C4CCN(c5ccc(Nc6ncccn6)cc5)CC4)CC3)cc2)C(=O)N1. The minimum atomic E-state index is -0.631. The van der Waals surface area contributed by atoms with Crippen LogP contribution in [0, 0.1) is 5.92 Å². The van der Waals surface area contributed by atoms with Gasteiger partial charge in [0.2, 0.25) is 17.8 Å². The highest BCUT2D eigenvalue weighted by Gasteiger charge is 2.32. The molecule has 0 aliphatic carbocycles. The molecular weight excluding hydrogens is 532 g/mol. The van der Waals surface area contributed by atoms with Crippen LogP contribution in [0.25, 0.3) is 0 Å². The molecule has 6 rings (SSSR count). The second kappa shape index (κ2) is 12.6. The van der Waals surface area contributed by atoms with E-state index in [2.05, 4.69) is 54.7 Å². The molecule has 10 heteroatoms. The molecule has 4 heterocycles. The monoisotopic (exact) mass is 568 g/mol. The number of aromatic nitrogens is 2. The molecule has 3 amide bonds. The number of anilines is 3. The molecule has 2 N–H and O–H groups in total. The van der Waals surface area contributed by atoms with Gasteiger partial charge in [0.15, 0.2) is 6.10 Å². The third kappa shape index (κ3) is 6.53. The standard InChI is InChI=1S/C32H36N6O4/c39-29-11-10-28(30(40)36-29)42-27-8-2-22(3-9-27)23-12-20-38(21-13-23)31(41)24-14-18-37(19-15-24)26-6-4-25(5-7-26)35-32-33-16-1-17-34-32/h1-9,16-17,23-24,28H,10-15,18-21H2,(H,33,34,35)(H,36,39,40). The molecule has 10 nitrogen and oxygen atoms in total. The van der Waals surface area contributed by atoms with Crippen LogP contribution in [0.1, 0.15) is 50.0 Å². The van der Waals surface area contributed by atoms with E-state index in [1.165, 1.54) is 5.56 Å². The maximum atomic E-state index is 13.4. The molecule has 0 bridgehead atoms. The zero-order chi connectivity index (χ0) is 28.9. The lowest BCUT2D eigenvalue weighted by molar-refractivity contribution is -0.139. The van der Waals surface area contributed by atoms with Crippen molar-refractivity contribution >= 4 is 35.0 Å². The highest BCUT2D eigenvalue weighted by atomic mass is 16.5. The van der Waals surface area contributed by atoms with Crippen molar-refractivity contribution in [3.05, 3.63) is 72.6 Å². The molecule has 42 heavy (non-hydrogen) atoms. The van der Waals surface area contributed by atoms with Crippen molar-refractivity contribution in [1.29, 1.82) is 0 Å². The number of ether oxygens (including phenoxy) is 1. The Labute approximate surface area is 245 Å². The minimum absolute atomic E-state index is 0.0812. The van der Waals surface area contributed by atoms with Crippen LogP contribution in [-0.4, -0.2) is 64.9 Å². The quantitative estimate of drug-likeness (QED) is 0.411. The summed E-state index contributed by atoms with van der Waals surface area (Å²) in [6, 6.07) is 18.0. The number of rotatable bonds is 7. The van der Waals surface area contributed by atoms with Crippen LogP contribution in [-0.2, 0) is 14.4 Å². The summed E-state index contributed by atoms with van der Waals surface area (Å²) >= 11 is 0. The Morgan fingerprint density at radius 2 is 1.55 bits per heavy atom. The van der Waals surface area contributed by atoms with Gasteiger partial charge >= 0.3 is 0 Å². The molecule has 0 spiro atoms. The Bertz CT molecular complexity index is 1380. The van der Waals surface area contributed by atoms with Crippen LogP contribution in [0.3, 0.4) is 0 Å². The van der Waals surface area contributed by atoms with Gasteiger partial charge in [0.25, 0.3) is 5.91 Å². The van der Waals surface area contributed by atoms with Crippen molar-refractivity contribution in [2.24, 2.45) is 5.92 Å². The van der Waals surface area contributed by atoms with Crippen LogP contribution in [0.5, 0.6) is 5.75 Å². The molecule has 3 saturated heterocycles. The molecule has 218 valence electrons. The Kier molecular flexibility index (Phi) is 8.30. The molecule has 1 unspecified atom stereocenters. The summed E-state index contributed by atoms with van der Waals surface area (Å²) in [6.45, 7) is 3.29. The summed E-state index contributed by atoms with van der Waals surface area (Å²) in [5.74, 6) is 1.35. The van der Waals surface area contributed by atoms with Crippen molar-refractivity contribution in [3.8, 4) is 5.75 Å². The summed E-state index contributed by atoms with van der Waals surface area (Å²) in [6.07, 6.45) is 7.08. The molecule has 1 aromatic heterocycles. The summed E-state index contributed by atoms with van der Waals surface area (Å²) in [5.41, 5.74) is 3.33. The van der Waals surface area contributed by atoms with Gasteiger partial charge in [-0.1, -0.05) is 12.1 Å². The number of imide groups is 1. The van der Waals surface area contributed by atoms with Crippen LogP contribution in [0.15, 0.2) is 67.0 Å². The van der Waals surface area contributed by atoms with Crippen LogP contribution < -0.4 is 20.3 Å². The van der Waals surface area contributed by atoms with Gasteiger partial charge in [-0.25, -0.2) is 9.97 Å². The van der Waals surface area contributed by atoms with Crippen molar-refractivity contribution < 1.29 is 19.1 Å². The number of piperidine rings is 3. The first-order chi connectivity index (χ1) is 20.5. The van der Waals surface area contributed by atoms with E-state index in [4.69, 9.17) is 4.74 Å². The maximum absolute atomic E-state index is 13.4. The van der Waals surface area contributed by atoms with E-state index in [-0.39, 0.29) is 17.7 Å². The number of amides is 3. The molecule has 0 radical (unpaired) electrons. The van der Waals surface area contributed by atoms with E-state index in [1.54, 1.807) is 18.5 Å². The first-order valence-corrected chi connectivity index (χ1v) is 14.8. The molecule has 3 fully saturated rings. The van der Waals surface area contributed by atoms with Crippen LogP contribution in [0.4, 0.5) is 17.3 Å². The summed E-state index contributed by atoms with van der Waals surface area (Å²) in [4.78, 5) is 49.5. The molecule has 1 atom stereocenters. The second-order valence-corrected chi connectivity index (χ2v) is 11.2. The van der Waals surface area contributed by atoms with Crippen molar-refractivity contribution in [2.45, 2.75) is 50.5 Å². The number of hydrogen-bond donors (Lipinski definition) is 2. The van der Waals surface area contributed by atoms with E-state index < -0.39 is 6.10 Å². The van der Waals surface area contributed by atoms with E-state index in [9.17, 15) is 14.4 Å². The highest BCUT2D eigenvalue weighted by molar-refractivity contribution is 5.99. The zero-order valence-corrected chi connectivity index (χ0v) is 23.6. The first-order valence-electron chi connectivity index (χ1n) is 14.8. The number of carbonyl (C=O) groups excluding carboxylic acids is 3. The van der Waals surface area contributed by atoms with Crippen LogP contribution >= 0.6 is 0 Å². The summed E-state index contributed by atoms with van der Waals surface area (Å²) in [5, 5.41) is 5.53. The molecular formula is C32H36N6O4. The van der Waals surface area contributed by atoms with Crippen molar-refractivity contribution in [2.75, 3.05) is 36.4 Å². The van der Waals surface area contributed by atoms with Crippen LogP contribution in [0.2, 0.25) is 0 Å². The van der Waals surface area contributed by atoms with Gasteiger partial charge < -0.3 is 19.9 Å². The largest absolute Gasteiger partial charge is 0.481 e. The lowest BCUT2D eigenvalue weighted by Gasteiger charge is -2.38. The van der Waals surface area contributed by atoms with Gasteiger partial charge in [-0.05, 0) is 79.6 Å². The third-order valence-corrected chi connectivity index (χ3v) is 8.52. The Morgan fingerprint density at radius 1 is 0.857 bits per heavy atom. The number of nitrogens with zero attached hydrogens (tertiary/aromatic N) is 4. The van der Waals surface area contributed by atoms with Crippen molar-refractivity contribution in [1.82, 2.24) is 20.2 Å². The zero-order valence-electron chi connectivity index (χ0n) is 23.6.